The number of Topliss-reactive ketones (excluding diaryl/α,β-unsaturated/α-hetero) is 1. The number of carbonyl (C=O) groups excluding carboxylic acids is 1. The van der Waals surface area contributed by atoms with Gasteiger partial charge in [0.25, 0.3) is 0 Å². The van der Waals surface area contributed by atoms with Gasteiger partial charge in [-0.25, -0.2) is 0 Å². The first-order valence-corrected chi connectivity index (χ1v) is 8.21. The Morgan fingerprint density at radius 3 is 2.57 bits per heavy atom. The minimum atomic E-state index is 0.266. The van der Waals surface area contributed by atoms with Crippen molar-refractivity contribution in [1.29, 1.82) is 0 Å². The van der Waals surface area contributed by atoms with E-state index in [0.29, 0.717) is 37.5 Å². The first-order valence-electron chi connectivity index (χ1n) is 8.21. The molecule has 1 aromatic rings. The maximum Gasteiger partial charge on any atom is 0.138 e. The number of rotatable bonds is 6. The lowest BCUT2D eigenvalue weighted by atomic mass is 9.78. The van der Waals surface area contributed by atoms with Crippen LogP contribution in [-0.2, 0) is 16.1 Å². The minimum absolute atomic E-state index is 0.266. The zero-order valence-corrected chi connectivity index (χ0v) is 12.6. The van der Waals surface area contributed by atoms with E-state index in [-0.39, 0.29) is 5.92 Å². The van der Waals surface area contributed by atoms with Gasteiger partial charge in [0.1, 0.15) is 5.78 Å². The summed E-state index contributed by atoms with van der Waals surface area (Å²) in [5, 5.41) is 3.64. The quantitative estimate of drug-likeness (QED) is 0.817. The molecule has 2 bridgehead atoms. The summed E-state index contributed by atoms with van der Waals surface area (Å²) in [5.74, 6) is 0.670. The van der Waals surface area contributed by atoms with Crippen LogP contribution in [0.1, 0.15) is 44.1 Å². The van der Waals surface area contributed by atoms with Crippen LogP contribution in [-0.4, -0.2) is 24.5 Å². The van der Waals surface area contributed by atoms with Crippen LogP contribution in [0, 0.1) is 5.92 Å². The number of hydrogen-bond acceptors (Lipinski definition) is 3. The van der Waals surface area contributed by atoms with Crippen molar-refractivity contribution in [3.63, 3.8) is 0 Å². The first kappa shape index (κ1) is 14.7. The molecule has 3 heteroatoms. The van der Waals surface area contributed by atoms with Crippen molar-refractivity contribution in [2.24, 2.45) is 5.92 Å². The summed E-state index contributed by atoms with van der Waals surface area (Å²) in [6.07, 6.45) is 6.44. The molecule has 0 aliphatic carbocycles. The van der Waals surface area contributed by atoms with Gasteiger partial charge in [-0.05, 0) is 31.2 Å². The molecule has 2 unspecified atom stereocenters. The standard InChI is InChI=1S/C18H25NO2/c20-18(9-10-21-13-14-5-2-1-3-6-14)15-11-16-7-4-8-17(12-15)19-16/h1-3,5-6,15-17,19H,4,7-13H2. The van der Waals surface area contributed by atoms with Crippen molar-refractivity contribution in [2.75, 3.05) is 6.61 Å². The van der Waals surface area contributed by atoms with Crippen LogP contribution in [0.15, 0.2) is 30.3 Å². The molecule has 2 fully saturated rings. The fourth-order valence-electron chi connectivity index (χ4n) is 3.67. The van der Waals surface area contributed by atoms with E-state index in [2.05, 4.69) is 17.4 Å². The summed E-state index contributed by atoms with van der Waals surface area (Å²) < 4.78 is 5.64. The normalized spacial score (nSPS) is 28.3. The number of hydrogen-bond donors (Lipinski definition) is 1. The van der Waals surface area contributed by atoms with Gasteiger partial charge in [-0.3, -0.25) is 4.79 Å². The molecule has 0 spiro atoms. The van der Waals surface area contributed by atoms with Gasteiger partial charge in [-0.1, -0.05) is 36.8 Å². The van der Waals surface area contributed by atoms with Crippen molar-refractivity contribution in [3.05, 3.63) is 35.9 Å². The molecular formula is C18H25NO2. The molecule has 1 aromatic carbocycles. The number of carbonyl (C=O) groups is 1. The second-order valence-corrected chi connectivity index (χ2v) is 6.41. The first-order chi connectivity index (χ1) is 10.3. The van der Waals surface area contributed by atoms with Crippen molar-refractivity contribution in [3.8, 4) is 0 Å². The van der Waals surface area contributed by atoms with Crippen LogP contribution in [0.3, 0.4) is 0 Å². The van der Waals surface area contributed by atoms with E-state index in [4.69, 9.17) is 4.74 Å². The third-order valence-electron chi connectivity index (χ3n) is 4.77. The highest BCUT2D eigenvalue weighted by Crippen LogP contribution is 2.30. The highest BCUT2D eigenvalue weighted by Gasteiger charge is 2.34. The molecule has 21 heavy (non-hydrogen) atoms. The molecular weight excluding hydrogens is 262 g/mol. The van der Waals surface area contributed by atoms with Crippen molar-refractivity contribution >= 4 is 5.78 Å². The van der Waals surface area contributed by atoms with Gasteiger partial charge < -0.3 is 10.1 Å². The predicted octanol–water partition coefficient (Wildman–Crippen LogP) is 3.08. The van der Waals surface area contributed by atoms with Crippen LogP contribution >= 0.6 is 0 Å². The molecule has 0 radical (unpaired) electrons. The zero-order chi connectivity index (χ0) is 14.5. The number of ketones is 1. The highest BCUT2D eigenvalue weighted by molar-refractivity contribution is 5.81. The number of nitrogens with one attached hydrogen (secondary N) is 1. The molecule has 3 rings (SSSR count). The molecule has 0 aromatic heterocycles. The van der Waals surface area contributed by atoms with Gasteiger partial charge in [0.2, 0.25) is 0 Å². The summed E-state index contributed by atoms with van der Waals surface area (Å²) in [6, 6.07) is 11.3. The lowest BCUT2D eigenvalue weighted by Gasteiger charge is -2.39. The molecule has 1 N–H and O–H groups in total. The Kier molecular flexibility index (Phi) is 5.04. The van der Waals surface area contributed by atoms with E-state index in [1.165, 1.54) is 24.8 Å². The molecule has 114 valence electrons. The van der Waals surface area contributed by atoms with Gasteiger partial charge in [0, 0.05) is 24.4 Å². The third-order valence-corrected chi connectivity index (χ3v) is 4.77. The summed E-state index contributed by atoms with van der Waals surface area (Å²) in [4.78, 5) is 12.3. The Bertz CT molecular complexity index is 448. The van der Waals surface area contributed by atoms with E-state index in [1.807, 2.05) is 18.2 Å². The Labute approximate surface area is 127 Å². The molecule has 2 atom stereocenters. The van der Waals surface area contributed by atoms with Crippen LogP contribution in [0.4, 0.5) is 0 Å². The molecule has 2 aliphatic heterocycles. The molecule has 0 saturated carbocycles. The lowest BCUT2D eigenvalue weighted by Crippen LogP contribution is -2.50. The smallest absolute Gasteiger partial charge is 0.138 e. The number of fused-ring (bicyclic) bond motifs is 2. The summed E-state index contributed by atoms with van der Waals surface area (Å²) in [6.45, 7) is 1.15. The average Bonchev–Trinajstić information content (AvgIpc) is 2.52. The maximum atomic E-state index is 12.3. The van der Waals surface area contributed by atoms with Crippen LogP contribution < -0.4 is 5.32 Å². The molecule has 2 aliphatic rings. The minimum Gasteiger partial charge on any atom is -0.376 e. The van der Waals surface area contributed by atoms with E-state index in [1.54, 1.807) is 0 Å². The Balaban J connectivity index is 1.38. The fraction of sp³-hybridized carbons (Fsp3) is 0.611. The fourth-order valence-corrected chi connectivity index (χ4v) is 3.67. The number of piperidine rings is 2. The summed E-state index contributed by atoms with van der Waals surface area (Å²) in [7, 11) is 0. The summed E-state index contributed by atoms with van der Waals surface area (Å²) >= 11 is 0. The van der Waals surface area contributed by atoms with Crippen molar-refractivity contribution < 1.29 is 9.53 Å². The van der Waals surface area contributed by atoms with Crippen molar-refractivity contribution in [2.45, 2.75) is 57.2 Å². The second-order valence-electron chi connectivity index (χ2n) is 6.41. The topological polar surface area (TPSA) is 38.3 Å². The predicted molar refractivity (Wildman–Crippen MR) is 83.0 cm³/mol. The van der Waals surface area contributed by atoms with Gasteiger partial charge in [0.05, 0.1) is 13.2 Å². The molecule has 2 saturated heterocycles. The van der Waals surface area contributed by atoms with E-state index in [9.17, 15) is 4.79 Å². The Morgan fingerprint density at radius 2 is 1.86 bits per heavy atom. The molecule has 0 amide bonds. The molecule has 3 nitrogen and oxygen atoms in total. The largest absolute Gasteiger partial charge is 0.376 e. The number of benzene rings is 1. The maximum absolute atomic E-state index is 12.3. The van der Waals surface area contributed by atoms with Gasteiger partial charge in [0.15, 0.2) is 0 Å². The lowest BCUT2D eigenvalue weighted by molar-refractivity contribution is -0.125. The highest BCUT2D eigenvalue weighted by atomic mass is 16.5. The zero-order valence-electron chi connectivity index (χ0n) is 12.6. The van der Waals surface area contributed by atoms with Crippen LogP contribution in [0.5, 0.6) is 0 Å². The van der Waals surface area contributed by atoms with E-state index >= 15 is 0 Å². The van der Waals surface area contributed by atoms with Crippen LogP contribution in [0.25, 0.3) is 0 Å². The van der Waals surface area contributed by atoms with Crippen LogP contribution in [0.2, 0.25) is 0 Å². The SMILES string of the molecule is O=C(CCOCc1ccccc1)C1CC2CCCC(C1)N2. The summed E-state index contributed by atoms with van der Waals surface area (Å²) in [5.41, 5.74) is 1.17. The second kappa shape index (κ2) is 7.19. The van der Waals surface area contributed by atoms with Crippen molar-refractivity contribution in [1.82, 2.24) is 5.32 Å². The Morgan fingerprint density at radius 1 is 1.14 bits per heavy atom. The van der Waals surface area contributed by atoms with Gasteiger partial charge >= 0.3 is 0 Å². The Hall–Kier alpha value is -1.19. The number of ether oxygens (including phenoxy) is 1. The monoisotopic (exact) mass is 287 g/mol. The average molecular weight is 287 g/mol. The third kappa shape index (κ3) is 4.14. The van der Waals surface area contributed by atoms with Gasteiger partial charge in [-0.15, -0.1) is 0 Å². The molecule has 2 heterocycles. The van der Waals surface area contributed by atoms with Gasteiger partial charge in [-0.2, -0.15) is 0 Å². The van der Waals surface area contributed by atoms with E-state index < -0.39 is 0 Å². The van der Waals surface area contributed by atoms with E-state index in [0.717, 1.165) is 12.8 Å².